The second-order valence-corrected chi connectivity index (χ2v) is 6.90. The molecule has 2 aromatic rings. The van der Waals surface area contributed by atoms with Gasteiger partial charge in [0.15, 0.2) is 0 Å². The fraction of sp³-hybridized carbons (Fsp3) is 0.588. The Bertz CT molecular complexity index is 817. The molecule has 0 saturated carbocycles. The van der Waals surface area contributed by atoms with Crippen molar-refractivity contribution in [1.29, 1.82) is 0 Å². The Labute approximate surface area is 155 Å². The Hall–Kier alpha value is -2.36. The standard InChI is InChI=1S/C17H23F3N6O/c1-12-8-15(17(18,19)20)26(21-12)11-16(27)25-6-4-24(5-7-25)10-14-9-23(3)22-13(14)2/h8-9H,4-7,10-11H2,1-3H3. The van der Waals surface area contributed by atoms with Crippen LogP contribution in [0, 0.1) is 13.8 Å². The van der Waals surface area contributed by atoms with Crippen molar-refractivity contribution in [3.8, 4) is 0 Å². The van der Waals surface area contributed by atoms with E-state index in [4.69, 9.17) is 0 Å². The third-order valence-corrected chi connectivity index (χ3v) is 4.71. The van der Waals surface area contributed by atoms with E-state index in [0.29, 0.717) is 26.2 Å². The van der Waals surface area contributed by atoms with Gasteiger partial charge in [-0.1, -0.05) is 0 Å². The molecule has 1 amide bonds. The molecule has 1 fully saturated rings. The summed E-state index contributed by atoms with van der Waals surface area (Å²) < 4.78 is 41.7. The van der Waals surface area contributed by atoms with Crippen molar-refractivity contribution in [1.82, 2.24) is 29.4 Å². The number of hydrogen-bond donors (Lipinski definition) is 0. The van der Waals surface area contributed by atoms with E-state index in [1.165, 1.54) is 6.92 Å². The molecule has 0 spiro atoms. The van der Waals surface area contributed by atoms with E-state index < -0.39 is 18.4 Å². The molecule has 7 nitrogen and oxygen atoms in total. The number of amides is 1. The van der Waals surface area contributed by atoms with E-state index in [9.17, 15) is 18.0 Å². The van der Waals surface area contributed by atoms with E-state index in [0.717, 1.165) is 28.6 Å². The van der Waals surface area contributed by atoms with Crippen LogP contribution in [0.1, 0.15) is 22.6 Å². The van der Waals surface area contributed by atoms with Crippen molar-refractivity contribution in [2.24, 2.45) is 7.05 Å². The smallest absolute Gasteiger partial charge is 0.339 e. The molecule has 0 aromatic carbocycles. The molecule has 0 atom stereocenters. The van der Waals surface area contributed by atoms with Gasteiger partial charge in [-0.25, -0.2) is 0 Å². The molecule has 1 aliphatic rings. The first-order chi connectivity index (χ1) is 12.6. The normalized spacial score (nSPS) is 16.1. The van der Waals surface area contributed by atoms with Crippen LogP contribution in [0.4, 0.5) is 13.2 Å². The number of nitrogens with zero attached hydrogens (tertiary/aromatic N) is 6. The molecule has 27 heavy (non-hydrogen) atoms. The van der Waals surface area contributed by atoms with Crippen molar-refractivity contribution in [2.45, 2.75) is 33.1 Å². The summed E-state index contributed by atoms with van der Waals surface area (Å²) in [6.07, 6.45) is -2.55. The Morgan fingerprint density at radius 1 is 1.15 bits per heavy atom. The lowest BCUT2D eigenvalue weighted by Gasteiger charge is -2.34. The Morgan fingerprint density at radius 3 is 2.37 bits per heavy atom. The zero-order valence-electron chi connectivity index (χ0n) is 15.6. The minimum atomic E-state index is -4.53. The van der Waals surface area contributed by atoms with E-state index >= 15 is 0 Å². The first-order valence-electron chi connectivity index (χ1n) is 8.74. The SMILES string of the molecule is Cc1cc(C(F)(F)F)n(CC(=O)N2CCN(Cc3cn(C)nc3C)CC2)n1. The highest BCUT2D eigenvalue weighted by molar-refractivity contribution is 5.76. The van der Waals surface area contributed by atoms with Crippen molar-refractivity contribution in [2.75, 3.05) is 26.2 Å². The predicted molar refractivity (Wildman–Crippen MR) is 91.8 cm³/mol. The van der Waals surface area contributed by atoms with Crippen LogP contribution in [-0.2, 0) is 31.1 Å². The molecular weight excluding hydrogens is 361 g/mol. The van der Waals surface area contributed by atoms with E-state index in [1.807, 2.05) is 20.2 Å². The first kappa shape index (κ1) is 19.4. The maximum Gasteiger partial charge on any atom is 0.433 e. The third kappa shape index (κ3) is 4.49. The zero-order chi connectivity index (χ0) is 19.8. The molecule has 0 N–H and O–H groups in total. The van der Waals surface area contributed by atoms with Gasteiger partial charge in [-0.3, -0.25) is 19.1 Å². The lowest BCUT2D eigenvalue weighted by molar-refractivity contribution is -0.146. The summed E-state index contributed by atoms with van der Waals surface area (Å²) in [4.78, 5) is 16.3. The number of halogens is 3. The van der Waals surface area contributed by atoms with Crippen LogP contribution >= 0.6 is 0 Å². The van der Waals surface area contributed by atoms with Crippen molar-refractivity contribution >= 4 is 5.91 Å². The second kappa shape index (κ2) is 7.34. The number of hydrogen-bond acceptors (Lipinski definition) is 4. The lowest BCUT2D eigenvalue weighted by Crippen LogP contribution is -2.49. The fourth-order valence-electron chi connectivity index (χ4n) is 3.32. The van der Waals surface area contributed by atoms with Crippen LogP contribution in [0.2, 0.25) is 0 Å². The summed E-state index contributed by atoms with van der Waals surface area (Å²) in [5.74, 6) is -0.346. The summed E-state index contributed by atoms with van der Waals surface area (Å²) in [6, 6.07) is 0.960. The summed E-state index contributed by atoms with van der Waals surface area (Å²) in [7, 11) is 1.87. The van der Waals surface area contributed by atoms with Gasteiger partial charge in [-0.15, -0.1) is 0 Å². The highest BCUT2D eigenvalue weighted by atomic mass is 19.4. The number of aryl methyl sites for hydroxylation is 3. The minimum absolute atomic E-state index is 0.242. The number of carbonyl (C=O) groups is 1. The van der Waals surface area contributed by atoms with Gasteiger partial charge in [0.1, 0.15) is 12.2 Å². The van der Waals surface area contributed by atoms with Crippen molar-refractivity contribution in [3.63, 3.8) is 0 Å². The summed E-state index contributed by atoms with van der Waals surface area (Å²) in [6.45, 7) is 6.10. The molecular formula is C17H23F3N6O. The quantitative estimate of drug-likeness (QED) is 0.804. The number of carbonyl (C=O) groups excluding carboxylic acids is 1. The topological polar surface area (TPSA) is 59.2 Å². The highest BCUT2D eigenvalue weighted by Crippen LogP contribution is 2.29. The van der Waals surface area contributed by atoms with Gasteiger partial charge in [0, 0.05) is 51.5 Å². The van der Waals surface area contributed by atoms with Gasteiger partial charge in [0.25, 0.3) is 0 Å². The van der Waals surface area contributed by atoms with Gasteiger partial charge < -0.3 is 4.90 Å². The monoisotopic (exact) mass is 384 g/mol. The van der Waals surface area contributed by atoms with Crippen molar-refractivity contribution < 1.29 is 18.0 Å². The van der Waals surface area contributed by atoms with Crippen LogP contribution in [0.3, 0.4) is 0 Å². The number of rotatable bonds is 4. The molecule has 3 heterocycles. The van der Waals surface area contributed by atoms with Gasteiger partial charge in [-0.05, 0) is 19.9 Å². The van der Waals surface area contributed by atoms with Crippen LogP contribution in [0.5, 0.6) is 0 Å². The minimum Gasteiger partial charge on any atom is -0.339 e. The highest BCUT2D eigenvalue weighted by Gasteiger charge is 2.36. The molecule has 148 valence electrons. The Balaban J connectivity index is 1.57. The van der Waals surface area contributed by atoms with Crippen LogP contribution in [0.25, 0.3) is 0 Å². The molecule has 10 heteroatoms. The maximum absolute atomic E-state index is 13.0. The zero-order valence-corrected chi connectivity index (χ0v) is 15.6. The fourth-order valence-corrected chi connectivity index (χ4v) is 3.32. The van der Waals surface area contributed by atoms with Gasteiger partial charge in [-0.2, -0.15) is 23.4 Å². The molecule has 0 radical (unpaired) electrons. The van der Waals surface area contributed by atoms with E-state index in [-0.39, 0.29) is 11.6 Å². The summed E-state index contributed by atoms with van der Waals surface area (Å²) in [5, 5.41) is 8.14. The second-order valence-electron chi connectivity index (χ2n) is 6.90. The number of alkyl halides is 3. The molecule has 1 saturated heterocycles. The van der Waals surface area contributed by atoms with Gasteiger partial charge in [0.05, 0.1) is 11.4 Å². The molecule has 3 rings (SSSR count). The lowest BCUT2D eigenvalue weighted by atomic mass is 10.2. The summed E-state index contributed by atoms with van der Waals surface area (Å²) >= 11 is 0. The predicted octanol–water partition coefficient (Wildman–Crippen LogP) is 1.60. The van der Waals surface area contributed by atoms with E-state index in [2.05, 4.69) is 15.1 Å². The Kier molecular flexibility index (Phi) is 5.27. The van der Waals surface area contributed by atoms with E-state index in [1.54, 1.807) is 9.58 Å². The molecule has 0 unspecified atom stereocenters. The van der Waals surface area contributed by atoms with Crippen molar-refractivity contribution in [3.05, 3.63) is 34.9 Å². The average Bonchev–Trinajstić information content (AvgIpc) is 3.09. The molecule has 2 aromatic heterocycles. The molecule has 0 bridgehead atoms. The average molecular weight is 384 g/mol. The Morgan fingerprint density at radius 2 is 1.81 bits per heavy atom. The number of aromatic nitrogens is 4. The van der Waals surface area contributed by atoms with Gasteiger partial charge >= 0.3 is 6.18 Å². The van der Waals surface area contributed by atoms with Crippen LogP contribution in [-0.4, -0.2) is 61.4 Å². The molecule has 1 aliphatic heterocycles. The van der Waals surface area contributed by atoms with Crippen LogP contribution < -0.4 is 0 Å². The maximum atomic E-state index is 13.0. The first-order valence-corrected chi connectivity index (χ1v) is 8.74. The van der Waals surface area contributed by atoms with Crippen LogP contribution in [0.15, 0.2) is 12.3 Å². The third-order valence-electron chi connectivity index (χ3n) is 4.71. The summed E-state index contributed by atoms with van der Waals surface area (Å²) in [5.41, 5.74) is 1.47. The largest absolute Gasteiger partial charge is 0.433 e. The van der Waals surface area contributed by atoms with Gasteiger partial charge in [0.2, 0.25) is 5.91 Å². The molecule has 0 aliphatic carbocycles. The number of piperazine rings is 1.